The average molecular weight is 331 g/mol. The van der Waals surface area contributed by atoms with Gasteiger partial charge in [-0.1, -0.05) is 19.9 Å². The van der Waals surface area contributed by atoms with Gasteiger partial charge in [0.1, 0.15) is 9.90 Å². The Labute approximate surface area is 126 Å². The van der Waals surface area contributed by atoms with Crippen LogP contribution in [0.1, 0.15) is 24.8 Å². The number of anilines is 2. The molecular formula is C12H17N3O2S3. The van der Waals surface area contributed by atoms with E-state index in [-0.39, 0.29) is 16.8 Å². The van der Waals surface area contributed by atoms with Crippen molar-refractivity contribution in [3.63, 3.8) is 0 Å². The highest BCUT2D eigenvalue weighted by Crippen LogP contribution is 2.37. The van der Waals surface area contributed by atoms with Gasteiger partial charge in [-0.3, -0.25) is 0 Å². The lowest BCUT2D eigenvalue weighted by Gasteiger charge is -2.21. The van der Waals surface area contributed by atoms with Gasteiger partial charge in [0, 0.05) is 11.1 Å². The molecule has 2 rings (SSSR count). The Kier molecular flexibility index (Phi) is 4.36. The van der Waals surface area contributed by atoms with E-state index >= 15 is 0 Å². The van der Waals surface area contributed by atoms with Crippen LogP contribution in [-0.2, 0) is 9.84 Å². The summed E-state index contributed by atoms with van der Waals surface area (Å²) < 4.78 is 27.6. The lowest BCUT2D eigenvalue weighted by atomic mass is 10.0. The van der Waals surface area contributed by atoms with Gasteiger partial charge in [0.15, 0.2) is 15.7 Å². The Morgan fingerprint density at radius 1 is 1.40 bits per heavy atom. The molecule has 2 aromatic rings. The summed E-state index contributed by atoms with van der Waals surface area (Å²) in [4.78, 5) is 1.26. The fraction of sp³-hybridized carbons (Fsp3) is 0.417. The highest BCUT2D eigenvalue weighted by molar-refractivity contribution is 7.91. The van der Waals surface area contributed by atoms with E-state index in [9.17, 15) is 8.42 Å². The van der Waals surface area contributed by atoms with E-state index in [1.165, 1.54) is 0 Å². The van der Waals surface area contributed by atoms with Crippen molar-refractivity contribution >= 4 is 43.5 Å². The maximum atomic E-state index is 11.8. The van der Waals surface area contributed by atoms with Crippen molar-refractivity contribution in [3.05, 3.63) is 22.4 Å². The van der Waals surface area contributed by atoms with Crippen molar-refractivity contribution in [1.29, 1.82) is 0 Å². The number of nitrogen functional groups attached to an aromatic ring is 1. The lowest BCUT2D eigenvalue weighted by molar-refractivity contribution is 0.553. The summed E-state index contributed by atoms with van der Waals surface area (Å²) in [6, 6.07) is 4.05. The van der Waals surface area contributed by atoms with Crippen LogP contribution in [0.2, 0.25) is 0 Å². The van der Waals surface area contributed by atoms with Gasteiger partial charge >= 0.3 is 0 Å². The van der Waals surface area contributed by atoms with Crippen LogP contribution in [0.3, 0.4) is 0 Å². The summed E-state index contributed by atoms with van der Waals surface area (Å²) in [5, 5.41) is 5.80. The largest absolute Gasteiger partial charge is 0.382 e. The molecule has 0 aliphatic heterocycles. The summed E-state index contributed by atoms with van der Waals surface area (Å²) in [5.74, 6) is 0.373. The first kappa shape index (κ1) is 15.3. The molecule has 0 aromatic carbocycles. The number of aromatic nitrogens is 1. The second-order valence-corrected chi connectivity index (χ2v) is 8.58. The van der Waals surface area contributed by atoms with Crippen LogP contribution in [0.15, 0.2) is 22.4 Å². The number of sulfone groups is 1. The van der Waals surface area contributed by atoms with E-state index in [0.29, 0.717) is 10.9 Å². The van der Waals surface area contributed by atoms with Gasteiger partial charge in [-0.2, -0.15) is 4.37 Å². The molecule has 2 aromatic heterocycles. The van der Waals surface area contributed by atoms with Crippen LogP contribution < -0.4 is 11.1 Å². The van der Waals surface area contributed by atoms with Crippen LogP contribution >= 0.6 is 22.9 Å². The van der Waals surface area contributed by atoms with Crippen LogP contribution in [0.25, 0.3) is 0 Å². The average Bonchev–Trinajstić information content (AvgIpc) is 2.93. The zero-order chi connectivity index (χ0) is 14.9. The summed E-state index contributed by atoms with van der Waals surface area (Å²) in [6.45, 7) is 4.17. The molecule has 5 nitrogen and oxygen atoms in total. The minimum absolute atomic E-state index is 0.0374. The molecule has 0 aliphatic carbocycles. The second kappa shape index (κ2) is 5.71. The first-order valence-electron chi connectivity index (χ1n) is 6.06. The zero-order valence-electron chi connectivity index (χ0n) is 11.5. The Morgan fingerprint density at radius 2 is 2.10 bits per heavy atom. The molecule has 0 saturated carbocycles. The van der Waals surface area contributed by atoms with E-state index in [2.05, 4.69) is 23.5 Å². The molecule has 110 valence electrons. The van der Waals surface area contributed by atoms with E-state index < -0.39 is 9.84 Å². The van der Waals surface area contributed by atoms with Gasteiger partial charge in [0.05, 0.1) is 6.04 Å². The molecule has 20 heavy (non-hydrogen) atoms. The van der Waals surface area contributed by atoms with Gasteiger partial charge in [-0.25, -0.2) is 8.42 Å². The predicted molar refractivity (Wildman–Crippen MR) is 85.2 cm³/mol. The molecule has 0 fully saturated rings. The maximum absolute atomic E-state index is 11.8. The van der Waals surface area contributed by atoms with Gasteiger partial charge in [0.2, 0.25) is 0 Å². The number of nitrogens with two attached hydrogens (primary N) is 1. The van der Waals surface area contributed by atoms with Crippen molar-refractivity contribution in [2.45, 2.75) is 24.8 Å². The van der Waals surface area contributed by atoms with Gasteiger partial charge in [0.25, 0.3) is 0 Å². The summed E-state index contributed by atoms with van der Waals surface area (Å²) in [5.41, 5.74) is 5.68. The smallest absolute Gasteiger partial charge is 0.182 e. The third-order valence-corrected chi connectivity index (χ3v) is 5.88. The zero-order valence-corrected chi connectivity index (χ0v) is 13.9. The predicted octanol–water partition coefficient (Wildman–Crippen LogP) is 3.00. The molecule has 0 amide bonds. The summed E-state index contributed by atoms with van der Waals surface area (Å²) >= 11 is 2.73. The topological polar surface area (TPSA) is 85.1 Å². The quantitative estimate of drug-likeness (QED) is 0.879. The molecule has 0 aliphatic rings. The minimum Gasteiger partial charge on any atom is -0.382 e. The van der Waals surface area contributed by atoms with E-state index in [1.807, 2.05) is 17.5 Å². The molecule has 0 radical (unpaired) electrons. The molecule has 2 heterocycles. The van der Waals surface area contributed by atoms with E-state index in [0.717, 1.165) is 22.7 Å². The van der Waals surface area contributed by atoms with Crippen molar-refractivity contribution in [2.24, 2.45) is 5.92 Å². The molecule has 1 atom stereocenters. The monoisotopic (exact) mass is 331 g/mol. The molecule has 0 saturated heterocycles. The summed E-state index contributed by atoms with van der Waals surface area (Å²) in [6.07, 6.45) is 1.15. The molecule has 3 N–H and O–H groups in total. The number of nitrogens with one attached hydrogen (secondary N) is 1. The Hall–Kier alpha value is -1.12. The molecule has 1 unspecified atom stereocenters. The van der Waals surface area contributed by atoms with Crippen LogP contribution in [0, 0.1) is 5.92 Å². The number of hydrogen-bond acceptors (Lipinski definition) is 7. The van der Waals surface area contributed by atoms with Crippen molar-refractivity contribution < 1.29 is 8.42 Å². The lowest BCUT2D eigenvalue weighted by Crippen LogP contribution is -2.16. The molecule has 0 spiro atoms. The SMILES string of the molecule is CC(C)C(Nc1snc(N)c1S(C)(=O)=O)c1cccs1. The fourth-order valence-electron chi connectivity index (χ4n) is 1.92. The number of nitrogens with zero attached hydrogens (tertiary/aromatic N) is 1. The normalized spacial score (nSPS) is 13.6. The second-order valence-electron chi connectivity index (χ2n) is 4.88. The van der Waals surface area contributed by atoms with E-state index in [1.54, 1.807) is 11.3 Å². The Balaban J connectivity index is 2.38. The molecule has 8 heteroatoms. The number of hydrogen-bond donors (Lipinski definition) is 2. The standard InChI is InChI=1S/C12H17N3O2S3/c1-7(2)9(8-5-4-6-18-8)14-12-10(20(3,16)17)11(13)15-19-12/h4-7,9,14H,1-3H3,(H2,13,15). The van der Waals surface area contributed by atoms with Crippen molar-refractivity contribution in [2.75, 3.05) is 17.3 Å². The fourth-order valence-corrected chi connectivity index (χ4v) is 4.96. The molecule has 0 bridgehead atoms. The Bertz CT molecular complexity index is 675. The maximum Gasteiger partial charge on any atom is 0.182 e. The van der Waals surface area contributed by atoms with Crippen LogP contribution in [0.5, 0.6) is 0 Å². The number of thiophene rings is 1. The first-order chi connectivity index (χ1) is 9.30. The van der Waals surface area contributed by atoms with E-state index in [4.69, 9.17) is 5.73 Å². The third-order valence-electron chi connectivity index (χ3n) is 2.85. The van der Waals surface area contributed by atoms with Gasteiger partial charge in [-0.15, -0.1) is 11.3 Å². The highest BCUT2D eigenvalue weighted by atomic mass is 32.2. The number of rotatable bonds is 5. The highest BCUT2D eigenvalue weighted by Gasteiger charge is 2.25. The van der Waals surface area contributed by atoms with Crippen LogP contribution in [0.4, 0.5) is 10.8 Å². The summed E-state index contributed by atoms with van der Waals surface area (Å²) in [7, 11) is -3.40. The van der Waals surface area contributed by atoms with Crippen LogP contribution in [-0.4, -0.2) is 19.0 Å². The Morgan fingerprint density at radius 3 is 2.60 bits per heavy atom. The minimum atomic E-state index is -3.40. The first-order valence-corrected chi connectivity index (χ1v) is 9.60. The van der Waals surface area contributed by atoms with Crippen molar-refractivity contribution in [1.82, 2.24) is 4.37 Å². The third kappa shape index (κ3) is 3.13. The van der Waals surface area contributed by atoms with Crippen molar-refractivity contribution in [3.8, 4) is 0 Å². The van der Waals surface area contributed by atoms with Gasteiger partial charge < -0.3 is 11.1 Å². The molecular weight excluding hydrogens is 314 g/mol. The van der Waals surface area contributed by atoms with Gasteiger partial charge in [-0.05, 0) is 28.9 Å².